The fraction of sp³-hybridized carbons (Fsp3) is 0.467. The van der Waals surface area contributed by atoms with E-state index in [1.807, 2.05) is 6.92 Å². The van der Waals surface area contributed by atoms with Crippen LogP contribution in [-0.2, 0) is 16.0 Å². The van der Waals surface area contributed by atoms with E-state index >= 15 is 0 Å². The monoisotopic (exact) mass is 297 g/mol. The maximum Gasteiger partial charge on any atom is 0.308 e. The minimum Gasteiger partial charge on any atom is -0.496 e. The van der Waals surface area contributed by atoms with Gasteiger partial charge in [-0.3, -0.25) is 9.59 Å². The number of rotatable bonds is 8. The van der Waals surface area contributed by atoms with E-state index < -0.39 is 17.7 Å². The summed E-state index contributed by atoms with van der Waals surface area (Å²) in [6.45, 7) is 1.95. The third-order valence-electron chi connectivity index (χ3n) is 3.13. The van der Waals surface area contributed by atoms with Gasteiger partial charge in [-0.15, -0.1) is 0 Å². The second kappa shape index (κ2) is 8.24. The molecule has 116 valence electrons. The number of nitrogens with one attached hydrogen (secondary N) is 1. The van der Waals surface area contributed by atoms with Crippen molar-refractivity contribution in [3.8, 4) is 5.75 Å². The van der Waals surface area contributed by atoms with Crippen molar-refractivity contribution in [1.82, 2.24) is 5.32 Å². The zero-order valence-corrected chi connectivity index (χ0v) is 12.2. The van der Waals surface area contributed by atoms with Crippen LogP contribution in [-0.4, -0.2) is 30.6 Å². The largest absolute Gasteiger partial charge is 0.496 e. The highest BCUT2D eigenvalue weighted by Crippen LogP contribution is 2.19. The first kappa shape index (κ1) is 16.9. The van der Waals surface area contributed by atoms with Crippen LogP contribution in [0.4, 0.5) is 4.39 Å². The molecule has 6 heteroatoms. The molecule has 0 bridgehead atoms. The molecular weight excluding hydrogens is 277 g/mol. The van der Waals surface area contributed by atoms with Crippen LogP contribution in [0.2, 0.25) is 0 Å². The Morgan fingerprint density at radius 2 is 2.14 bits per heavy atom. The van der Waals surface area contributed by atoms with Crippen LogP contribution in [0, 0.1) is 11.7 Å². The number of amides is 1. The van der Waals surface area contributed by atoms with Crippen LogP contribution >= 0.6 is 0 Å². The summed E-state index contributed by atoms with van der Waals surface area (Å²) in [5, 5.41) is 11.6. The van der Waals surface area contributed by atoms with Gasteiger partial charge >= 0.3 is 5.97 Å². The average molecular weight is 297 g/mol. The summed E-state index contributed by atoms with van der Waals surface area (Å²) in [7, 11) is 1.44. The van der Waals surface area contributed by atoms with E-state index in [9.17, 15) is 14.0 Å². The molecule has 0 aliphatic carbocycles. The second-order valence-corrected chi connectivity index (χ2v) is 4.76. The number of carboxylic acid groups (broad SMARTS) is 1. The van der Waals surface area contributed by atoms with Gasteiger partial charge in [0.05, 0.1) is 19.4 Å². The van der Waals surface area contributed by atoms with Crippen molar-refractivity contribution in [3.63, 3.8) is 0 Å². The summed E-state index contributed by atoms with van der Waals surface area (Å²) >= 11 is 0. The van der Waals surface area contributed by atoms with Crippen molar-refractivity contribution in [2.24, 2.45) is 5.92 Å². The lowest BCUT2D eigenvalue weighted by atomic mass is 10.0. The fourth-order valence-electron chi connectivity index (χ4n) is 2.02. The second-order valence-electron chi connectivity index (χ2n) is 4.76. The summed E-state index contributed by atoms with van der Waals surface area (Å²) in [5.41, 5.74) is 0.428. The summed E-state index contributed by atoms with van der Waals surface area (Å²) in [6, 6.07) is 3.94. The molecule has 0 aliphatic rings. The first-order valence-corrected chi connectivity index (χ1v) is 6.79. The molecule has 0 spiro atoms. The molecular formula is C15H20FNO4. The number of hydrogen-bond acceptors (Lipinski definition) is 3. The molecule has 1 unspecified atom stereocenters. The van der Waals surface area contributed by atoms with Crippen LogP contribution < -0.4 is 10.1 Å². The number of carbonyl (C=O) groups is 2. The number of benzene rings is 1. The van der Waals surface area contributed by atoms with E-state index in [1.165, 1.54) is 25.3 Å². The maximum absolute atomic E-state index is 13.2. The lowest BCUT2D eigenvalue weighted by molar-refractivity contribution is -0.141. The molecule has 5 nitrogen and oxygen atoms in total. The van der Waals surface area contributed by atoms with E-state index in [0.717, 1.165) is 6.42 Å². The minimum atomic E-state index is -0.930. The third-order valence-corrected chi connectivity index (χ3v) is 3.13. The van der Waals surface area contributed by atoms with Gasteiger partial charge in [-0.2, -0.15) is 0 Å². The van der Waals surface area contributed by atoms with Crippen molar-refractivity contribution < 1.29 is 23.8 Å². The Morgan fingerprint density at radius 1 is 1.43 bits per heavy atom. The Kier molecular flexibility index (Phi) is 6.65. The Bertz CT molecular complexity index is 504. The molecule has 2 N–H and O–H groups in total. The van der Waals surface area contributed by atoms with E-state index in [0.29, 0.717) is 17.7 Å². The average Bonchev–Trinajstić information content (AvgIpc) is 2.43. The summed E-state index contributed by atoms with van der Waals surface area (Å²) in [5.74, 6) is -1.92. The van der Waals surface area contributed by atoms with Gasteiger partial charge in [0.2, 0.25) is 5.91 Å². The van der Waals surface area contributed by atoms with Crippen molar-refractivity contribution >= 4 is 11.9 Å². The van der Waals surface area contributed by atoms with Gasteiger partial charge in [-0.1, -0.05) is 13.3 Å². The highest BCUT2D eigenvalue weighted by molar-refractivity contribution is 5.80. The van der Waals surface area contributed by atoms with E-state index in [4.69, 9.17) is 9.84 Å². The quantitative estimate of drug-likeness (QED) is 0.769. The molecule has 0 saturated carbocycles. The lowest BCUT2D eigenvalue weighted by Crippen LogP contribution is -2.33. The molecule has 1 atom stereocenters. The minimum absolute atomic E-state index is 0.0562. The number of methoxy groups -OCH3 is 1. The van der Waals surface area contributed by atoms with Crippen molar-refractivity contribution in [1.29, 1.82) is 0 Å². The molecule has 1 amide bonds. The Hall–Kier alpha value is -2.11. The first-order valence-electron chi connectivity index (χ1n) is 6.79. The van der Waals surface area contributed by atoms with Crippen LogP contribution in [0.5, 0.6) is 5.75 Å². The highest BCUT2D eigenvalue weighted by atomic mass is 19.1. The summed E-state index contributed by atoms with van der Waals surface area (Å²) in [4.78, 5) is 22.8. The number of hydrogen-bond donors (Lipinski definition) is 2. The molecule has 1 aromatic carbocycles. The van der Waals surface area contributed by atoms with Crippen LogP contribution in [0.3, 0.4) is 0 Å². The smallest absolute Gasteiger partial charge is 0.308 e. The van der Waals surface area contributed by atoms with Crippen molar-refractivity contribution in [3.05, 3.63) is 29.6 Å². The maximum atomic E-state index is 13.2. The molecule has 1 aromatic rings. The van der Waals surface area contributed by atoms with Crippen molar-refractivity contribution in [2.45, 2.75) is 26.2 Å². The predicted molar refractivity (Wildman–Crippen MR) is 75.7 cm³/mol. The van der Waals surface area contributed by atoms with Crippen molar-refractivity contribution in [2.75, 3.05) is 13.7 Å². The molecule has 1 rings (SSSR count). The number of aliphatic carboxylic acids is 1. The van der Waals surface area contributed by atoms with Gasteiger partial charge in [0.15, 0.2) is 0 Å². The third kappa shape index (κ3) is 5.41. The van der Waals surface area contributed by atoms with Gasteiger partial charge < -0.3 is 15.2 Å². The zero-order chi connectivity index (χ0) is 15.8. The van der Waals surface area contributed by atoms with Crippen LogP contribution in [0.1, 0.15) is 25.3 Å². The Labute approximate surface area is 123 Å². The highest BCUT2D eigenvalue weighted by Gasteiger charge is 2.18. The first-order chi connectivity index (χ1) is 9.97. The standard InChI is InChI=1S/C15H20FNO4/c1-3-4-10(15(19)20)9-17-14(18)8-11-7-12(16)5-6-13(11)21-2/h5-7,10H,3-4,8-9H2,1-2H3,(H,17,18)(H,19,20). The molecule has 0 fully saturated rings. The predicted octanol–water partition coefficient (Wildman–Crippen LogP) is 1.99. The lowest BCUT2D eigenvalue weighted by Gasteiger charge is -2.13. The molecule has 0 heterocycles. The summed E-state index contributed by atoms with van der Waals surface area (Å²) in [6.07, 6.45) is 1.17. The van der Waals surface area contributed by atoms with E-state index in [-0.39, 0.29) is 18.9 Å². The topological polar surface area (TPSA) is 75.6 Å². The summed E-state index contributed by atoms with van der Waals surface area (Å²) < 4.78 is 18.3. The number of carboxylic acids is 1. The zero-order valence-electron chi connectivity index (χ0n) is 12.2. The number of ether oxygens (including phenoxy) is 1. The number of carbonyl (C=O) groups excluding carboxylic acids is 1. The molecule has 0 saturated heterocycles. The van der Waals surface area contributed by atoms with Crippen LogP contribution in [0.15, 0.2) is 18.2 Å². The molecule has 0 aliphatic heterocycles. The molecule has 0 radical (unpaired) electrons. The normalized spacial score (nSPS) is 11.8. The molecule has 0 aromatic heterocycles. The SMILES string of the molecule is CCCC(CNC(=O)Cc1cc(F)ccc1OC)C(=O)O. The number of halogens is 1. The van der Waals surface area contributed by atoms with E-state index in [2.05, 4.69) is 5.32 Å². The fourth-order valence-corrected chi connectivity index (χ4v) is 2.02. The van der Waals surface area contributed by atoms with E-state index in [1.54, 1.807) is 0 Å². The van der Waals surface area contributed by atoms with Crippen LogP contribution in [0.25, 0.3) is 0 Å². The van der Waals surface area contributed by atoms with Gasteiger partial charge in [0, 0.05) is 12.1 Å². The Balaban J connectivity index is 2.61. The molecule has 21 heavy (non-hydrogen) atoms. The van der Waals surface area contributed by atoms with Gasteiger partial charge in [-0.05, 0) is 24.6 Å². The van der Waals surface area contributed by atoms with Gasteiger partial charge in [0.25, 0.3) is 0 Å². The van der Waals surface area contributed by atoms with Gasteiger partial charge in [-0.25, -0.2) is 4.39 Å². The van der Waals surface area contributed by atoms with Gasteiger partial charge in [0.1, 0.15) is 11.6 Å². The Morgan fingerprint density at radius 3 is 2.71 bits per heavy atom.